The third-order valence-electron chi connectivity index (χ3n) is 3.14. The molecule has 5 nitrogen and oxygen atoms in total. The van der Waals surface area contributed by atoms with Gasteiger partial charge in [0, 0.05) is 17.6 Å². The lowest BCUT2D eigenvalue weighted by Crippen LogP contribution is -2.11. The standard InChI is InChI=1S/C17H16ClNO4/c1-10(12-4-3-5-13(18)8-12)23-17(22)15-9-14(19-11(2)20)6-7-16(15)21/h3-10,21H,1-2H3,(H,19,20). The summed E-state index contributed by atoms with van der Waals surface area (Å²) >= 11 is 5.92. The van der Waals surface area contributed by atoms with Crippen molar-refractivity contribution in [3.63, 3.8) is 0 Å². The number of anilines is 1. The van der Waals surface area contributed by atoms with Gasteiger partial charge in [0.05, 0.1) is 0 Å². The van der Waals surface area contributed by atoms with Crippen LogP contribution in [0, 0.1) is 0 Å². The number of rotatable bonds is 4. The molecule has 0 fully saturated rings. The number of phenols is 1. The molecule has 0 aliphatic heterocycles. The van der Waals surface area contributed by atoms with E-state index in [0.29, 0.717) is 10.7 Å². The molecule has 1 amide bonds. The molecule has 0 heterocycles. The minimum Gasteiger partial charge on any atom is -0.507 e. The van der Waals surface area contributed by atoms with Crippen LogP contribution in [0.4, 0.5) is 5.69 Å². The molecule has 2 aromatic rings. The first-order valence-electron chi connectivity index (χ1n) is 6.94. The highest BCUT2D eigenvalue weighted by Gasteiger charge is 2.18. The lowest BCUT2D eigenvalue weighted by Gasteiger charge is -2.15. The highest BCUT2D eigenvalue weighted by molar-refractivity contribution is 6.30. The van der Waals surface area contributed by atoms with E-state index in [4.69, 9.17) is 16.3 Å². The number of amides is 1. The van der Waals surface area contributed by atoms with E-state index in [0.717, 1.165) is 5.56 Å². The van der Waals surface area contributed by atoms with Crippen molar-refractivity contribution in [1.82, 2.24) is 0 Å². The smallest absolute Gasteiger partial charge is 0.342 e. The van der Waals surface area contributed by atoms with E-state index >= 15 is 0 Å². The number of carbonyl (C=O) groups is 2. The van der Waals surface area contributed by atoms with Crippen molar-refractivity contribution in [2.24, 2.45) is 0 Å². The quantitative estimate of drug-likeness (QED) is 0.656. The average molecular weight is 334 g/mol. The Morgan fingerprint density at radius 2 is 1.96 bits per heavy atom. The zero-order chi connectivity index (χ0) is 17.0. The molecule has 0 radical (unpaired) electrons. The molecular weight excluding hydrogens is 318 g/mol. The maximum Gasteiger partial charge on any atom is 0.342 e. The maximum absolute atomic E-state index is 12.2. The molecule has 0 bridgehead atoms. The number of carbonyl (C=O) groups excluding carboxylic acids is 2. The Labute approximate surface area is 138 Å². The summed E-state index contributed by atoms with van der Waals surface area (Å²) in [6.07, 6.45) is -0.537. The van der Waals surface area contributed by atoms with Gasteiger partial charge in [0.1, 0.15) is 17.4 Å². The monoisotopic (exact) mass is 333 g/mol. The molecule has 6 heteroatoms. The third-order valence-corrected chi connectivity index (χ3v) is 3.37. The minimum atomic E-state index is -0.692. The van der Waals surface area contributed by atoms with E-state index < -0.39 is 12.1 Å². The second-order valence-electron chi connectivity index (χ2n) is 5.02. The highest BCUT2D eigenvalue weighted by Crippen LogP contribution is 2.26. The van der Waals surface area contributed by atoms with Crippen molar-refractivity contribution in [1.29, 1.82) is 0 Å². The highest BCUT2D eigenvalue weighted by atomic mass is 35.5. The summed E-state index contributed by atoms with van der Waals surface area (Å²) < 4.78 is 5.35. The second kappa shape index (κ2) is 7.15. The topological polar surface area (TPSA) is 75.6 Å². The van der Waals surface area contributed by atoms with Crippen molar-refractivity contribution in [3.8, 4) is 5.75 Å². The zero-order valence-corrected chi connectivity index (χ0v) is 13.4. The Morgan fingerprint density at radius 1 is 1.22 bits per heavy atom. The summed E-state index contributed by atoms with van der Waals surface area (Å²) in [4.78, 5) is 23.3. The van der Waals surface area contributed by atoms with Crippen LogP contribution in [0.25, 0.3) is 0 Å². The first kappa shape index (κ1) is 16.8. The molecule has 0 saturated heterocycles. The number of hydrogen-bond acceptors (Lipinski definition) is 4. The molecule has 23 heavy (non-hydrogen) atoms. The fourth-order valence-corrected chi connectivity index (χ4v) is 2.23. The zero-order valence-electron chi connectivity index (χ0n) is 12.7. The molecule has 2 N–H and O–H groups in total. The van der Waals surface area contributed by atoms with Gasteiger partial charge in [-0.2, -0.15) is 0 Å². The van der Waals surface area contributed by atoms with E-state index in [1.165, 1.54) is 25.1 Å². The van der Waals surface area contributed by atoms with Gasteiger partial charge in [0.2, 0.25) is 5.91 Å². The number of hydrogen-bond donors (Lipinski definition) is 2. The van der Waals surface area contributed by atoms with Gasteiger partial charge in [-0.3, -0.25) is 4.79 Å². The predicted octanol–water partition coefficient (Wildman–Crippen LogP) is 3.92. The Kier molecular flexibility index (Phi) is 5.24. The Hall–Kier alpha value is -2.53. The van der Waals surface area contributed by atoms with Crippen molar-refractivity contribution in [3.05, 3.63) is 58.6 Å². The van der Waals surface area contributed by atoms with Crippen molar-refractivity contribution < 1.29 is 19.4 Å². The van der Waals surface area contributed by atoms with Crippen LogP contribution >= 0.6 is 11.6 Å². The molecular formula is C17H16ClNO4. The minimum absolute atomic E-state index is 0.0230. The largest absolute Gasteiger partial charge is 0.507 e. The van der Waals surface area contributed by atoms with E-state index in [-0.39, 0.29) is 17.2 Å². The summed E-state index contributed by atoms with van der Waals surface area (Å²) in [6.45, 7) is 3.06. The first-order chi connectivity index (χ1) is 10.9. The number of ether oxygens (including phenoxy) is 1. The van der Waals surface area contributed by atoms with Gasteiger partial charge in [-0.1, -0.05) is 23.7 Å². The second-order valence-corrected chi connectivity index (χ2v) is 5.45. The van der Waals surface area contributed by atoms with E-state index in [1.807, 2.05) is 0 Å². The summed E-state index contributed by atoms with van der Waals surface area (Å²) in [5.74, 6) is -1.19. The molecule has 1 unspecified atom stereocenters. The summed E-state index contributed by atoms with van der Waals surface area (Å²) in [5, 5.41) is 12.9. The lowest BCUT2D eigenvalue weighted by molar-refractivity contribution is -0.114. The van der Waals surface area contributed by atoms with Crippen LogP contribution in [-0.4, -0.2) is 17.0 Å². The van der Waals surface area contributed by atoms with Gasteiger partial charge in [0.25, 0.3) is 0 Å². The number of nitrogens with one attached hydrogen (secondary N) is 1. The van der Waals surface area contributed by atoms with Gasteiger partial charge < -0.3 is 15.2 Å². The summed E-state index contributed by atoms with van der Waals surface area (Å²) in [7, 11) is 0. The molecule has 120 valence electrons. The first-order valence-corrected chi connectivity index (χ1v) is 7.31. The van der Waals surface area contributed by atoms with E-state index in [9.17, 15) is 14.7 Å². The number of esters is 1. The van der Waals surface area contributed by atoms with Crippen LogP contribution in [0.5, 0.6) is 5.75 Å². The fourth-order valence-electron chi connectivity index (χ4n) is 2.03. The van der Waals surface area contributed by atoms with Crippen molar-refractivity contribution >= 4 is 29.2 Å². The molecule has 2 rings (SSSR count). The number of phenolic OH excluding ortho intramolecular Hbond substituents is 1. The Bertz CT molecular complexity index is 745. The molecule has 0 aliphatic carbocycles. The van der Waals surface area contributed by atoms with Crippen LogP contribution < -0.4 is 5.32 Å². The van der Waals surface area contributed by atoms with Crippen molar-refractivity contribution in [2.75, 3.05) is 5.32 Å². The Morgan fingerprint density at radius 3 is 2.61 bits per heavy atom. The number of benzene rings is 2. The lowest BCUT2D eigenvalue weighted by atomic mass is 10.1. The van der Waals surface area contributed by atoms with Crippen LogP contribution in [-0.2, 0) is 9.53 Å². The van der Waals surface area contributed by atoms with Crippen LogP contribution in [0.3, 0.4) is 0 Å². The molecule has 0 spiro atoms. The average Bonchev–Trinajstić information content (AvgIpc) is 2.48. The molecule has 1 atom stereocenters. The van der Waals surface area contributed by atoms with Gasteiger partial charge in [-0.25, -0.2) is 4.79 Å². The molecule has 0 saturated carbocycles. The molecule has 0 aromatic heterocycles. The third kappa shape index (κ3) is 4.47. The molecule has 0 aliphatic rings. The summed E-state index contributed by atoms with van der Waals surface area (Å²) in [5.41, 5.74) is 1.12. The SMILES string of the molecule is CC(=O)Nc1ccc(O)c(C(=O)OC(C)c2cccc(Cl)c2)c1. The van der Waals surface area contributed by atoms with Gasteiger partial charge in [-0.05, 0) is 42.8 Å². The normalized spacial score (nSPS) is 11.6. The van der Waals surface area contributed by atoms with Crippen molar-refractivity contribution in [2.45, 2.75) is 20.0 Å². The maximum atomic E-state index is 12.2. The fraction of sp³-hybridized carbons (Fsp3) is 0.176. The van der Waals surface area contributed by atoms with Gasteiger partial charge in [0.15, 0.2) is 0 Å². The number of aromatic hydroxyl groups is 1. The summed E-state index contributed by atoms with van der Waals surface area (Å²) in [6, 6.07) is 11.2. The molecule has 2 aromatic carbocycles. The van der Waals surface area contributed by atoms with E-state index in [1.54, 1.807) is 31.2 Å². The van der Waals surface area contributed by atoms with Gasteiger partial charge >= 0.3 is 5.97 Å². The van der Waals surface area contributed by atoms with Crippen LogP contribution in [0.1, 0.15) is 35.9 Å². The van der Waals surface area contributed by atoms with Crippen LogP contribution in [0.15, 0.2) is 42.5 Å². The number of halogens is 1. The van der Waals surface area contributed by atoms with Gasteiger partial charge in [-0.15, -0.1) is 0 Å². The Balaban J connectivity index is 2.18. The van der Waals surface area contributed by atoms with E-state index in [2.05, 4.69) is 5.32 Å². The predicted molar refractivity (Wildman–Crippen MR) is 87.7 cm³/mol. The van der Waals surface area contributed by atoms with Crippen LogP contribution in [0.2, 0.25) is 5.02 Å².